The molecular weight excluding hydrogens is 326 g/mol. The monoisotopic (exact) mass is 349 g/mol. The summed E-state index contributed by atoms with van der Waals surface area (Å²) in [5, 5.41) is 11.6. The average Bonchev–Trinajstić information content (AvgIpc) is 3.08. The second kappa shape index (κ2) is 9.92. The molecule has 0 spiro atoms. The van der Waals surface area contributed by atoms with Gasteiger partial charge in [0.25, 0.3) is 0 Å². The lowest BCUT2D eigenvalue weighted by Gasteiger charge is -2.07. The molecule has 2 aromatic rings. The zero-order chi connectivity index (χ0) is 17.2. The van der Waals surface area contributed by atoms with E-state index >= 15 is 0 Å². The molecule has 0 bridgehead atoms. The van der Waals surface area contributed by atoms with Gasteiger partial charge < -0.3 is 10.1 Å². The maximum atomic E-state index is 11.9. The molecule has 2 heterocycles. The van der Waals surface area contributed by atoms with Crippen LogP contribution in [0.5, 0.6) is 5.88 Å². The Morgan fingerprint density at radius 1 is 1.33 bits per heavy atom. The molecule has 0 fully saturated rings. The normalized spacial score (nSPS) is 10.6. The molecule has 0 atom stereocenters. The van der Waals surface area contributed by atoms with Crippen LogP contribution in [0, 0.1) is 0 Å². The van der Waals surface area contributed by atoms with Crippen LogP contribution >= 0.6 is 11.8 Å². The lowest BCUT2D eigenvalue weighted by Crippen LogP contribution is -2.26. The van der Waals surface area contributed by atoms with E-state index in [1.54, 1.807) is 30.3 Å². The summed E-state index contributed by atoms with van der Waals surface area (Å²) in [5.41, 5.74) is 0.822. The number of methoxy groups -OCH3 is 1. The Balaban J connectivity index is 1.83. The Kier molecular flexibility index (Phi) is 7.54. The van der Waals surface area contributed by atoms with Gasteiger partial charge in [-0.3, -0.25) is 9.36 Å². The van der Waals surface area contributed by atoms with Crippen LogP contribution in [0.4, 0.5) is 0 Å². The van der Waals surface area contributed by atoms with Crippen molar-refractivity contribution < 1.29 is 9.53 Å². The van der Waals surface area contributed by atoms with Gasteiger partial charge >= 0.3 is 0 Å². The summed E-state index contributed by atoms with van der Waals surface area (Å²) in [4.78, 5) is 16.1. The molecule has 8 heteroatoms. The first kappa shape index (κ1) is 18.3. The van der Waals surface area contributed by atoms with Crippen molar-refractivity contribution in [1.82, 2.24) is 25.1 Å². The molecule has 1 amide bonds. The molecule has 0 unspecified atom stereocenters. The van der Waals surface area contributed by atoms with Crippen LogP contribution in [0.3, 0.4) is 0 Å². The summed E-state index contributed by atoms with van der Waals surface area (Å²) < 4.78 is 6.85. The Labute approximate surface area is 146 Å². The van der Waals surface area contributed by atoms with Crippen molar-refractivity contribution in [3.8, 4) is 11.6 Å². The van der Waals surface area contributed by atoms with Crippen molar-refractivity contribution in [1.29, 1.82) is 0 Å². The summed E-state index contributed by atoms with van der Waals surface area (Å²) in [6.07, 6.45) is 7.87. The number of carbonyl (C=O) groups excluding carboxylic acids is 1. The summed E-state index contributed by atoms with van der Waals surface area (Å²) in [5.74, 6) is 0.873. The van der Waals surface area contributed by atoms with E-state index in [9.17, 15) is 4.79 Å². The Hall–Kier alpha value is -2.09. The molecule has 2 rings (SSSR count). The third kappa shape index (κ3) is 5.52. The standard InChI is InChI=1S/C16H23N5O2S/c1-3-4-5-6-9-17-14(22)11-24-16-20-19-12-21(16)13-7-8-15(23-2)18-10-13/h7-8,10,12H,3-6,9,11H2,1-2H3,(H,17,22). The molecule has 24 heavy (non-hydrogen) atoms. The van der Waals surface area contributed by atoms with Crippen LogP contribution in [0.1, 0.15) is 32.6 Å². The second-order valence-corrected chi connectivity index (χ2v) is 6.18. The van der Waals surface area contributed by atoms with Gasteiger partial charge in [-0.15, -0.1) is 10.2 Å². The number of hydrogen-bond donors (Lipinski definition) is 1. The van der Waals surface area contributed by atoms with E-state index in [2.05, 4.69) is 27.4 Å². The summed E-state index contributed by atoms with van der Waals surface area (Å²) in [6.45, 7) is 2.90. The van der Waals surface area contributed by atoms with Gasteiger partial charge in [0.1, 0.15) is 6.33 Å². The van der Waals surface area contributed by atoms with Gasteiger partial charge in [0, 0.05) is 12.6 Å². The minimum absolute atomic E-state index is 0.0129. The second-order valence-electron chi connectivity index (χ2n) is 5.24. The van der Waals surface area contributed by atoms with E-state index in [4.69, 9.17) is 4.74 Å². The SMILES string of the molecule is CCCCCCNC(=O)CSc1nncn1-c1ccc(OC)nc1. The first-order chi connectivity index (χ1) is 11.7. The average molecular weight is 349 g/mol. The fourth-order valence-electron chi connectivity index (χ4n) is 2.10. The molecule has 130 valence electrons. The number of amides is 1. The number of carbonyl (C=O) groups is 1. The maximum Gasteiger partial charge on any atom is 0.230 e. The van der Waals surface area contributed by atoms with Crippen molar-refractivity contribution in [2.75, 3.05) is 19.4 Å². The van der Waals surface area contributed by atoms with Gasteiger partial charge in [0.2, 0.25) is 11.8 Å². The molecule has 0 saturated heterocycles. The highest BCUT2D eigenvalue weighted by Crippen LogP contribution is 2.19. The summed E-state index contributed by atoms with van der Waals surface area (Å²) in [7, 11) is 1.57. The number of thioether (sulfide) groups is 1. The number of unbranched alkanes of at least 4 members (excludes halogenated alkanes) is 3. The molecule has 2 aromatic heterocycles. The largest absolute Gasteiger partial charge is 0.481 e. The van der Waals surface area contributed by atoms with Crippen molar-refractivity contribution in [3.63, 3.8) is 0 Å². The van der Waals surface area contributed by atoms with Crippen LogP contribution in [-0.2, 0) is 4.79 Å². The van der Waals surface area contributed by atoms with E-state index in [1.807, 2.05) is 6.07 Å². The van der Waals surface area contributed by atoms with E-state index in [0.29, 0.717) is 16.8 Å². The smallest absolute Gasteiger partial charge is 0.230 e. The highest BCUT2D eigenvalue weighted by molar-refractivity contribution is 7.99. The molecule has 0 saturated carbocycles. The predicted octanol–water partition coefficient (Wildman–Crippen LogP) is 2.46. The highest BCUT2D eigenvalue weighted by atomic mass is 32.2. The Bertz CT molecular complexity index is 630. The van der Waals surface area contributed by atoms with Gasteiger partial charge in [-0.05, 0) is 12.5 Å². The van der Waals surface area contributed by atoms with Crippen molar-refractivity contribution in [2.45, 2.75) is 37.8 Å². The molecule has 7 nitrogen and oxygen atoms in total. The number of ether oxygens (including phenoxy) is 1. The molecule has 0 radical (unpaired) electrons. The minimum atomic E-state index is 0.0129. The van der Waals surface area contributed by atoms with Crippen LogP contribution in [0.2, 0.25) is 0 Å². The molecule has 0 aromatic carbocycles. The van der Waals surface area contributed by atoms with Crippen LogP contribution < -0.4 is 10.1 Å². The predicted molar refractivity (Wildman–Crippen MR) is 93.6 cm³/mol. The van der Waals surface area contributed by atoms with Gasteiger partial charge in [0.15, 0.2) is 5.16 Å². The Morgan fingerprint density at radius 2 is 2.21 bits per heavy atom. The van der Waals surface area contributed by atoms with Crippen molar-refractivity contribution >= 4 is 17.7 Å². The van der Waals surface area contributed by atoms with Crippen LogP contribution in [-0.4, -0.2) is 45.1 Å². The lowest BCUT2D eigenvalue weighted by molar-refractivity contribution is -0.118. The first-order valence-electron chi connectivity index (χ1n) is 8.04. The molecule has 0 aliphatic rings. The molecule has 1 N–H and O–H groups in total. The summed E-state index contributed by atoms with van der Waals surface area (Å²) in [6, 6.07) is 3.64. The number of nitrogens with zero attached hydrogens (tertiary/aromatic N) is 4. The third-order valence-electron chi connectivity index (χ3n) is 3.41. The maximum absolute atomic E-state index is 11.9. The summed E-state index contributed by atoms with van der Waals surface area (Å²) >= 11 is 1.35. The van der Waals surface area contributed by atoms with E-state index < -0.39 is 0 Å². The number of rotatable bonds is 10. The van der Waals surface area contributed by atoms with Gasteiger partial charge in [-0.2, -0.15) is 0 Å². The van der Waals surface area contributed by atoms with E-state index in [1.165, 1.54) is 24.6 Å². The topological polar surface area (TPSA) is 81.9 Å². The molecule has 0 aliphatic heterocycles. The molecular formula is C16H23N5O2S. The van der Waals surface area contributed by atoms with Gasteiger partial charge in [-0.25, -0.2) is 4.98 Å². The van der Waals surface area contributed by atoms with Crippen LogP contribution in [0.25, 0.3) is 5.69 Å². The lowest BCUT2D eigenvalue weighted by atomic mass is 10.2. The number of aromatic nitrogens is 4. The fourth-order valence-corrected chi connectivity index (χ4v) is 2.86. The highest BCUT2D eigenvalue weighted by Gasteiger charge is 2.10. The first-order valence-corrected chi connectivity index (χ1v) is 9.03. The number of nitrogens with one attached hydrogen (secondary N) is 1. The minimum Gasteiger partial charge on any atom is -0.481 e. The van der Waals surface area contributed by atoms with Crippen molar-refractivity contribution in [2.24, 2.45) is 0 Å². The van der Waals surface area contributed by atoms with Crippen molar-refractivity contribution in [3.05, 3.63) is 24.7 Å². The van der Waals surface area contributed by atoms with E-state index in [-0.39, 0.29) is 5.91 Å². The fraction of sp³-hybridized carbons (Fsp3) is 0.500. The van der Waals surface area contributed by atoms with E-state index in [0.717, 1.165) is 25.1 Å². The zero-order valence-corrected chi connectivity index (χ0v) is 14.9. The quantitative estimate of drug-likeness (QED) is 0.524. The van der Waals surface area contributed by atoms with Gasteiger partial charge in [-0.1, -0.05) is 37.9 Å². The zero-order valence-electron chi connectivity index (χ0n) is 14.1. The van der Waals surface area contributed by atoms with Crippen LogP contribution in [0.15, 0.2) is 29.8 Å². The third-order valence-corrected chi connectivity index (χ3v) is 4.35. The van der Waals surface area contributed by atoms with Gasteiger partial charge in [0.05, 0.1) is 24.7 Å². The Morgan fingerprint density at radius 3 is 2.92 bits per heavy atom. The number of hydrogen-bond acceptors (Lipinski definition) is 6. The molecule has 0 aliphatic carbocycles. The number of pyridine rings is 1.